The number of aromatic nitrogens is 2. The lowest BCUT2D eigenvalue weighted by Crippen LogP contribution is -1.97. The third kappa shape index (κ3) is 3.59. The monoisotopic (exact) mass is 389 g/mol. The summed E-state index contributed by atoms with van der Waals surface area (Å²) in [5.74, 6) is 0. The molecule has 2 heterocycles. The summed E-state index contributed by atoms with van der Waals surface area (Å²) in [4.78, 5) is 9.61. The molecule has 4 aromatic rings. The molecule has 0 aliphatic rings. The van der Waals surface area contributed by atoms with Gasteiger partial charge in [0.05, 0.1) is 28.2 Å². The molecule has 0 amide bonds. The van der Waals surface area contributed by atoms with Gasteiger partial charge in [0.25, 0.3) is 0 Å². The Balaban J connectivity index is 1.82. The molecule has 5 nitrogen and oxygen atoms in total. The number of aryl methyl sites for hydroxylation is 1. The molecule has 140 valence electrons. The lowest BCUT2D eigenvalue weighted by atomic mass is 10.1. The van der Waals surface area contributed by atoms with E-state index >= 15 is 0 Å². The maximum atomic E-state index is 11.7. The molecule has 0 saturated heterocycles. The molecule has 0 radical (unpaired) electrons. The maximum Gasteiger partial charge on any atom is 0.175 e. The molecule has 0 fully saturated rings. The highest BCUT2D eigenvalue weighted by molar-refractivity contribution is 7.90. The van der Waals surface area contributed by atoms with E-state index in [1.54, 1.807) is 30.5 Å². The first kappa shape index (κ1) is 18.1. The number of sulfone groups is 1. The number of imidazole rings is 1. The zero-order valence-electron chi connectivity index (χ0n) is 15.6. The SMILES string of the molecule is Cc1ccc(N=Cc2c(-c3ccc(S(C)(=O)=O)cc3)nc3ccccn23)cc1. The number of fused-ring (bicyclic) bond motifs is 1. The van der Waals surface area contributed by atoms with Crippen LogP contribution in [0.15, 0.2) is 82.8 Å². The van der Waals surface area contributed by atoms with E-state index in [9.17, 15) is 8.42 Å². The van der Waals surface area contributed by atoms with Crippen LogP contribution in [0.2, 0.25) is 0 Å². The molecule has 0 atom stereocenters. The van der Waals surface area contributed by atoms with Crippen LogP contribution in [0.5, 0.6) is 0 Å². The van der Waals surface area contributed by atoms with Crippen LogP contribution in [0.1, 0.15) is 11.3 Å². The minimum Gasteiger partial charge on any atom is -0.298 e. The molecular formula is C22H19N3O2S. The van der Waals surface area contributed by atoms with Gasteiger partial charge in [-0.2, -0.15) is 0 Å². The van der Waals surface area contributed by atoms with Crippen LogP contribution in [-0.2, 0) is 9.84 Å². The Kier molecular flexibility index (Phi) is 4.57. The normalized spacial score (nSPS) is 12.1. The molecule has 0 aliphatic carbocycles. The topological polar surface area (TPSA) is 63.8 Å². The second-order valence-electron chi connectivity index (χ2n) is 6.66. The first-order valence-electron chi connectivity index (χ1n) is 8.80. The minimum atomic E-state index is -3.24. The Hall–Kier alpha value is -3.25. The first-order valence-corrected chi connectivity index (χ1v) is 10.7. The number of aliphatic imine (C=N–C) groups is 1. The fourth-order valence-electron chi connectivity index (χ4n) is 2.98. The van der Waals surface area contributed by atoms with E-state index in [1.807, 2.05) is 60.0 Å². The number of hydrogen-bond donors (Lipinski definition) is 0. The summed E-state index contributed by atoms with van der Waals surface area (Å²) < 4.78 is 25.4. The van der Waals surface area contributed by atoms with Crippen molar-refractivity contribution in [3.8, 4) is 11.3 Å². The Morgan fingerprint density at radius 3 is 2.36 bits per heavy atom. The molecule has 0 bridgehead atoms. The van der Waals surface area contributed by atoms with Gasteiger partial charge in [-0.15, -0.1) is 0 Å². The molecule has 6 heteroatoms. The first-order chi connectivity index (χ1) is 13.4. The van der Waals surface area contributed by atoms with Gasteiger partial charge in [0.2, 0.25) is 0 Å². The van der Waals surface area contributed by atoms with Gasteiger partial charge in [0, 0.05) is 18.0 Å². The number of pyridine rings is 1. The van der Waals surface area contributed by atoms with E-state index in [-0.39, 0.29) is 4.90 Å². The third-order valence-electron chi connectivity index (χ3n) is 4.49. The highest BCUT2D eigenvalue weighted by Gasteiger charge is 2.14. The number of benzene rings is 2. The number of rotatable bonds is 4. The Bertz CT molecular complexity index is 1270. The van der Waals surface area contributed by atoms with Crippen LogP contribution in [0.25, 0.3) is 16.9 Å². The van der Waals surface area contributed by atoms with Crippen LogP contribution in [0.3, 0.4) is 0 Å². The summed E-state index contributed by atoms with van der Waals surface area (Å²) in [6, 6.07) is 20.5. The molecule has 2 aromatic heterocycles. The quantitative estimate of drug-likeness (QED) is 0.484. The average Bonchev–Trinajstić information content (AvgIpc) is 3.06. The smallest absolute Gasteiger partial charge is 0.175 e. The fraction of sp³-hybridized carbons (Fsp3) is 0.0909. The van der Waals surface area contributed by atoms with Gasteiger partial charge in [-0.1, -0.05) is 35.9 Å². The predicted molar refractivity (Wildman–Crippen MR) is 112 cm³/mol. The summed E-state index contributed by atoms with van der Waals surface area (Å²) >= 11 is 0. The van der Waals surface area contributed by atoms with Crippen molar-refractivity contribution in [2.24, 2.45) is 4.99 Å². The highest BCUT2D eigenvalue weighted by atomic mass is 32.2. The number of hydrogen-bond acceptors (Lipinski definition) is 4. The molecule has 4 rings (SSSR count). The Labute approximate surface area is 163 Å². The van der Waals surface area contributed by atoms with Crippen molar-refractivity contribution in [2.45, 2.75) is 11.8 Å². The lowest BCUT2D eigenvalue weighted by molar-refractivity contribution is 0.602. The summed E-state index contributed by atoms with van der Waals surface area (Å²) in [5, 5.41) is 0. The van der Waals surface area contributed by atoms with Crippen molar-refractivity contribution >= 4 is 27.4 Å². The second-order valence-corrected chi connectivity index (χ2v) is 8.68. The Morgan fingerprint density at radius 1 is 0.964 bits per heavy atom. The van der Waals surface area contributed by atoms with Crippen LogP contribution >= 0.6 is 0 Å². The van der Waals surface area contributed by atoms with Crippen molar-refractivity contribution in [3.63, 3.8) is 0 Å². The molecular weight excluding hydrogens is 370 g/mol. The molecule has 0 saturated carbocycles. The molecule has 0 spiro atoms. The highest BCUT2D eigenvalue weighted by Crippen LogP contribution is 2.25. The van der Waals surface area contributed by atoms with E-state index in [1.165, 1.54) is 11.8 Å². The summed E-state index contributed by atoms with van der Waals surface area (Å²) in [6.07, 6.45) is 4.93. The summed E-state index contributed by atoms with van der Waals surface area (Å²) in [5.41, 5.74) is 5.26. The van der Waals surface area contributed by atoms with Crippen molar-refractivity contribution < 1.29 is 8.42 Å². The maximum absolute atomic E-state index is 11.7. The van der Waals surface area contributed by atoms with Gasteiger partial charge in [-0.05, 0) is 43.3 Å². The lowest BCUT2D eigenvalue weighted by Gasteiger charge is -2.03. The fourth-order valence-corrected chi connectivity index (χ4v) is 3.61. The third-order valence-corrected chi connectivity index (χ3v) is 5.62. The molecule has 0 N–H and O–H groups in total. The van der Waals surface area contributed by atoms with Gasteiger partial charge in [0.15, 0.2) is 9.84 Å². The molecule has 28 heavy (non-hydrogen) atoms. The van der Waals surface area contributed by atoms with E-state index in [2.05, 4.69) is 4.99 Å². The van der Waals surface area contributed by atoms with Crippen molar-refractivity contribution in [1.29, 1.82) is 0 Å². The zero-order chi connectivity index (χ0) is 19.7. The van der Waals surface area contributed by atoms with E-state index < -0.39 is 9.84 Å². The van der Waals surface area contributed by atoms with Gasteiger partial charge < -0.3 is 0 Å². The van der Waals surface area contributed by atoms with E-state index in [0.717, 1.165) is 28.3 Å². The van der Waals surface area contributed by atoms with Gasteiger partial charge >= 0.3 is 0 Å². The minimum absolute atomic E-state index is 0.287. The molecule has 2 aromatic carbocycles. The standard InChI is InChI=1S/C22H19N3O2S/c1-16-6-10-18(11-7-16)23-15-20-22(24-21-5-3-4-14-25(20)21)17-8-12-19(13-9-17)28(2,26)27/h3-15H,1-2H3. The second kappa shape index (κ2) is 7.05. The molecule has 0 unspecified atom stereocenters. The Morgan fingerprint density at radius 2 is 1.68 bits per heavy atom. The van der Waals surface area contributed by atoms with Gasteiger partial charge in [0.1, 0.15) is 5.65 Å². The van der Waals surface area contributed by atoms with Crippen LogP contribution in [0.4, 0.5) is 5.69 Å². The van der Waals surface area contributed by atoms with Crippen LogP contribution in [-0.4, -0.2) is 30.3 Å². The number of nitrogens with zero attached hydrogens (tertiary/aromatic N) is 3. The summed E-state index contributed by atoms with van der Waals surface area (Å²) in [7, 11) is -3.24. The zero-order valence-corrected chi connectivity index (χ0v) is 16.4. The van der Waals surface area contributed by atoms with Crippen molar-refractivity contribution in [1.82, 2.24) is 9.38 Å². The average molecular weight is 389 g/mol. The molecule has 0 aliphatic heterocycles. The van der Waals surface area contributed by atoms with Crippen LogP contribution in [0, 0.1) is 6.92 Å². The van der Waals surface area contributed by atoms with E-state index in [0.29, 0.717) is 0 Å². The predicted octanol–water partition coefficient (Wildman–Crippen LogP) is 4.46. The van der Waals surface area contributed by atoms with E-state index in [4.69, 9.17) is 4.98 Å². The van der Waals surface area contributed by atoms with Crippen LogP contribution < -0.4 is 0 Å². The summed E-state index contributed by atoms with van der Waals surface area (Å²) in [6.45, 7) is 2.04. The van der Waals surface area contributed by atoms with Gasteiger partial charge in [-0.3, -0.25) is 9.39 Å². The van der Waals surface area contributed by atoms with Crippen molar-refractivity contribution in [3.05, 3.63) is 84.2 Å². The van der Waals surface area contributed by atoms with Gasteiger partial charge in [-0.25, -0.2) is 13.4 Å². The van der Waals surface area contributed by atoms with Crippen molar-refractivity contribution in [2.75, 3.05) is 6.26 Å². The largest absolute Gasteiger partial charge is 0.298 e.